The zero-order valence-electron chi connectivity index (χ0n) is 18.0. The molecule has 1 N–H and O–H groups in total. The summed E-state index contributed by atoms with van der Waals surface area (Å²) in [5, 5.41) is 8.75. The molecule has 3 rings (SSSR count). The van der Waals surface area contributed by atoms with Crippen molar-refractivity contribution in [1.82, 2.24) is 4.90 Å². The van der Waals surface area contributed by atoms with Gasteiger partial charge < -0.3 is 14.6 Å². The molecule has 1 aliphatic heterocycles. The van der Waals surface area contributed by atoms with Gasteiger partial charge in [-0.1, -0.05) is 35.3 Å². The van der Waals surface area contributed by atoms with Crippen LogP contribution in [0.1, 0.15) is 35.3 Å². The number of imide groups is 1. The zero-order chi connectivity index (χ0) is 25.0. The average Bonchev–Trinajstić information content (AvgIpc) is 3.00. The Balaban J connectivity index is 1.71. The fourth-order valence-electron chi connectivity index (χ4n) is 2.92. The number of nitrogens with zero attached hydrogens (tertiary/aromatic N) is 1. The summed E-state index contributed by atoms with van der Waals surface area (Å²) in [4.78, 5) is 48.5. The first-order valence-electron chi connectivity index (χ1n) is 9.94. The van der Waals surface area contributed by atoms with Crippen LogP contribution in [0, 0.1) is 0 Å². The maximum absolute atomic E-state index is 12.6. The van der Waals surface area contributed by atoms with Crippen LogP contribution in [0.15, 0.2) is 41.3 Å². The molecule has 11 heteroatoms. The highest BCUT2D eigenvalue weighted by Gasteiger charge is 2.36. The normalized spacial score (nSPS) is 14.7. The van der Waals surface area contributed by atoms with Crippen LogP contribution in [0.4, 0.5) is 4.79 Å². The molecule has 2 amide bonds. The van der Waals surface area contributed by atoms with Crippen molar-refractivity contribution in [3.63, 3.8) is 0 Å². The topological polar surface area (TPSA) is 110 Å². The Hall–Kier alpha value is -3.01. The fraction of sp³-hybridized carbons (Fsp3) is 0.217. The second kappa shape index (κ2) is 10.9. The first-order chi connectivity index (χ1) is 16.0. The second-order valence-electron chi connectivity index (χ2n) is 7.41. The molecule has 2 aromatic rings. The molecule has 1 aliphatic rings. The van der Waals surface area contributed by atoms with Gasteiger partial charge >= 0.3 is 11.9 Å². The summed E-state index contributed by atoms with van der Waals surface area (Å²) in [6.07, 6.45) is 1.09. The van der Waals surface area contributed by atoms with Crippen LogP contribution in [0.2, 0.25) is 10.0 Å². The number of carboxylic acid groups (broad SMARTS) is 1. The predicted molar refractivity (Wildman–Crippen MR) is 128 cm³/mol. The number of thioether (sulfide) groups is 1. The van der Waals surface area contributed by atoms with Gasteiger partial charge in [0.05, 0.1) is 26.6 Å². The van der Waals surface area contributed by atoms with E-state index in [0.717, 1.165) is 4.90 Å². The van der Waals surface area contributed by atoms with Crippen molar-refractivity contribution in [2.75, 3.05) is 6.54 Å². The third-order valence-electron chi connectivity index (χ3n) is 4.43. The van der Waals surface area contributed by atoms with Gasteiger partial charge in [-0.15, -0.1) is 0 Å². The van der Waals surface area contributed by atoms with E-state index in [1.54, 1.807) is 26.0 Å². The Kier molecular flexibility index (Phi) is 8.24. The summed E-state index contributed by atoms with van der Waals surface area (Å²) >= 11 is 13.3. The van der Waals surface area contributed by atoms with Crippen molar-refractivity contribution in [1.29, 1.82) is 0 Å². The molecule has 0 spiro atoms. The quantitative estimate of drug-likeness (QED) is 0.368. The molecule has 0 aliphatic carbocycles. The third kappa shape index (κ3) is 6.31. The molecular formula is C23H19Cl2NO7S. The number of ether oxygens (including phenoxy) is 2. The minimum Gasteiger partial charge on any atom is -0.486 e. The molecule has 0 unspecified atom stereocenters. The lowest BCUT2D eigenvalue weighted by Gasteiger charge is -2.13. The summed E-state index contributed by atoms with van der Waals surface area (Å²) in [6.45, 7) is 2.97. The van der Waals surface area contributed by atoms with Crippen molar-refractivity contribution < 1.29 is 33.8 Å². The van der Waals surface area contributed by atoms with E-state index in [1.807, 2.05) is 0 Å². The molecule has 1 heterocycles. The number of aromatic carboxylic acids is 1. The molecule has 0 radical (unpaired) electrons. The number of amides is 2. The molecular weight excluding hydrogens is 505 g/mol. The highest BCUT2D eigenvalue weighted by Crippen LogP contribution is 2.37. The maximum atomic E-state index is 12.6. The van der Waals surface area contributed by atoms with Crippen molar-refractivity contribution in [3.8, 4) is 5.75 Å². The Morgan fingerprint density at radius 1 is 1.12 bits per heavy atom. The van der Waals surface area contributed by atoms with E-state index in [-0.39, 0.29) is 39.0 Å². The van der Waals surface area contributed by atoms with Crippen LogP contribution in [0.3, 0.4) is 0 Å². The van der Waals surface area contributed by atoms with E-state index in [1.165, 1.54) is 30.3 Å². The third-order valence-corrected chi connectivity index (χ3v) is 5.90. The summed E-state index contributed by atoms with van der Waals surface area (Å²) < 4.78 is 10.7. The number of halogens is 2. The summed E-state index contributed by atoms with van der Waals surface area (Å²) in [5.74, 6) is -2.10. The smallest absolute Gasteiger partial charge is 0.335 e. The van der Waals surface area contributed by atoms with E-state index in [2.05, 4.69) is 0 Å². The van der Waals surface area contributed by atoms with Crippen molar-refractivity contribution >= 4 is 64.1 Å². The van der Waals surface area contributed by atoms with Crippen LogP contribution in [0.25, 0.3) is 6.08 Å². The van der Waals surface area contributed by atoms with Gasteiger partial charge in [0.15, 0.2) is 5.75 Å². The van der Waals surface area contributed by atoms with E-state index in [4.69, 9.17) is 37.8 Å². The number of hydrogen-bond acceptors (Lipinski definition) is 7. The van der Waals surface area contributed by atoms with Crippen molar-refractivity contribution in [2.45, 2.75) is 26.6 Å². The lowest BCUT2D eigenvalue weighted by atomic mass is 10.1. The van der Waals surface area contributed by atoms with Crippen LogP contribution in [-0.4, -0.2) is 45.7 Å². The molecule has 0 saturated carbocycles. The van der Waals surface area contributed by atoms with Gasteiger partial charge in [0.2, 0.25) is 0 Å². The second-order valence-corrected chi connectivity index (χ2v) is 9.22. The molecule has 1 saturated heterocycles. The Morgan fingerprint density at radius 2 is 1.74 bits per heavy atom. The standard InChI is InChI=1S/C23H19Cl2NO7S/c1-12(2)33-19(27)10-26-21(28)18(34-23(26)31)9-14-7-16(24)20(17(25)8-14)32-11-13-3-5-15(6-4-13)22(29)30/h3-9,12H,10-11H2,1-2H3,(H,29,30)/b18-9+. The molecule has 34 heavy (non-hydrogen) atoms. The van der Waals surface area contributed by atoms with E-state index >= 15 is 0 Å². The van der Waals surface area contributed by atoms with Gasteiger partial charge in [0.1, 0.15) is 13.2 Å². The van der Waals surface area contributed by atoms with E-state index in [0.29, 0.717) is 22.9 Å². The Morgan fingerprint density at radius 3 is 2.29 bits per heavy atom. The van der Waals surface area contributed by atoms with Gasteiger partial charge in [0.25, 0.3) is 11.1 Å². The molecule has 1 fully saturated rings. The van der Waals surface area contributed by atoms with Gasteiger partial charge in [-0.25, -0.2) is 4.79 Å². The minimum atomic E-state index is -1.03. The van der Waals surface area contributed by atoms with Crippen molar-refractivity contribution in [2.24, 2.45) is 0 Å². The predicted octanol–water partition coefficient (Wildman–Crippen LogP) is 5.26. The lowest BCUT2D eigenvalue weighted by Crippen LogP contribution is -2.35. The van der Waals surface area contributed by atoms with Crippen LogP contribution in [0.5, 0.6) is 5.75 Å². The molecule has 178 valence electrons. The monoisotopic (exact) mass is 523 g/mol. The number of esters is 1. The number of carbonyl (C=O) groups excluding carboxylic acids is 3. The first kappa shape index (κ1) is 25.6. The SMILES string of the molecule is CC(C)OC(=O)CN1C(=O)S/C(=C/c2cc(Cl)c(OCc3ccc(C(=O)O)cc3)c(Cl)c2)C1=O. The van der Waals surface area contributed by atoms with Gasteiger partial charge in [-0.3, -0.25) is 19.3 Å². The van der Waals surface area contributed by atoms with E-state index < -0.39 is 29.6 Å². The summed E-state index contributed by atoms with van der Waals surface area (Å²) in [6, 6.07) is 9.21. The number of hydrogen-bond donors (Lipinski definition) is 1. The van der Waals surface area contributed by atoms with Crippen LogP contribution >= 0.6 is 35.0 Å². The van der Waals surface area contributed by atoms with Gasteiger partial charge in [0, 0.05) is 0 Å². The van der Waals surface area contributed by atoms with E-state index in [9.17, 15) is 19.2 Å². The molecule has 0 bridgehead atoms. The molecule has 0 atom stereocenters. The average molecular weight is 524 g/mol. The number of carboxylic acids is 1. The minimum absolute atomic E-state index is 0.101. The number of rotatable bonds is 8. The first-order valence-corrected chi connectivity index (χ1v) is 11.5. The van der Waals surface area contributed by atoms with Crippen LogP contribution < -0.4 is 4.74 Å². The van der Waals surface area contributed by atoms with Crippen molar-refractivity contribution in [3.05, 3.63) is 68.0 Å². The Bertz CT molecular complexity index is 1160. The van der Waals surface area contributed by atoms with Gasteiger partial charge in [-0.05, 0) is 67.1 Å². The lowest BCUT2D eigenvalue weighted by molar-refractivity contribution is -0.149. The largest absolute Gasteiger partial charge is 0.486 e. The zero-order valence-corrected chi connectivity index (χ0v) is 20.4. The summed E-state index contributed by atoms with van der Waals surface area (Å²) in [7, 11) is 0. The Labute approximate surface area is 209 Å². The fourth-order valence-corrected chi connectivity index (χ4v) is 4.37. The van der Waals surface area contributed by atoms with Gasteiger partial charge in [-0.2, -0.15) is 0 Å². The molecule has 8 nitrogen and oxygen atoms in total. The highest BCUT2D eigenvalue weighted by molar-refractivity contribution is 8.18. The van der Waals surface area contributed by atoms with Crippen LogP contribution in [-0.2, 0) is 20.9 Å². The molecule has 2 aromatic carbocycles. The highest BCUT2D eigenvalue weighted by atomic mass is 35.5. The number of benzene rings is 2. The summed E-state index contributed by atoms with van der Waals surface area (Å²) in [5.41, 5.74) is 1.33. The number of carbonyl (C=O) groups is 4. The molecule has 0 aromatic heterocycles. The maximum Gasteiger partial charge on any atom is 0.335 e.